The Morgan fingerprint density at radius 3 is 2.60 bits per heavy atom. The highest BCUT2D eigenvalue weighted by molar-refractivity contribution is 8.00. The van der Waals surface area contributed by atoms with Gasteiger partial charge in [0.05, 0.1) is 10.6 Å². The number of sulfonamides is 1. The maximum Gasteiger partial charge on any atom is 0.261 e. The second-order valence-electron chi connectivity index (χ2n) is 6.24. The first-order chi connectivity index (χ1) is 11.7. The fourth-order valence-electron chi connectivity index (χ4n) is 2.62. The van der Waals surface area contributed by atoms with Gasteiger partial charge in [0, 0.05) is 22.3 Å². The van der Waals surface area contributed by atoms with Crippen molar-refractivity contribution in [2.45, 2.75) is 42.2 Å². The second-order valence-corrected chi connectivity index (χ2v) is 9.41. The van der Waals surface area contributed by atoms with Gasteiger partial charge in [0.15, 0.2) is 0 Å². The number of hydrogen-bond acceptors (Lipinski definition) is 4. The van der Waals surface area contributed by atoms with Crippen LogP contribution in [0.1, 0.15) is 24.5 Å². The number of aryl methyl sites for hydroxylation is 2. The molecular formula is C18H20N2O3S2. The summed E-state index contributed by atoms with van der Waals surface area (Å²) in [6, 6.07) is 10.2. The van der Waals surface area contributed by atoms with E-state index in [1.807, 2.05) is 26.8 Å². The van der Waals surface area contributed by atoms with Crippen LogP contribution in [0.2, 0.25) is 0 Å². The Balaban J connectivity index is 1.92. The average Bonchev–Trinajstić information content (AvgIpc) is 2.66. The smallest absolute Gasteiger partial charge is 0.261 e. The number of hydrogen-bond donors (Lipinski definition) is 2. The topological polar surface area (TPSA) is 75.3 Å². The van der Waals surface area contributed by atoms with Crippen LogP contribution in [0.3, 0.4) is 0 Å². The molecular weight excluding hydrogens is 356 g/mol. The molecule has 1 heterocycles. The van der Waals surface area contributed by atoms with Gasteiger partial charge in [0.1, 0.15) is 0 Å². The van der Waals surface area contributed by atoms with Gasteiger partial charge in [-0.3, -0.25) is 9.52 Å². The first-order valence-corrected chi connectivity index (χ1v) is 10.3. The fraction of sp³-hybridized carbons (Fsp3) is 0.278. The van der Waals surface area contributed by atoms with E-state index < -0.39 is 10.0 Å². The number of fused-ring (bicyclic) bond motifs is 1. The van der Waals surface area contributed by atoms with E-state index in [9.17, 15) is 13.2 Å². The number of benzene rings is 2. The molecule has 7 heteroatoms. The summed E-state index contributed by atoms with van der Waals surface area (Å²) < 4.78 is 28.0. The molecule has 0 saturated carbocycles. The number of amides is 1. The summed E-state index contributed by atoms with van der Waals surface area (Å²) in [6.45, 7) is 5.89. The molecule has 3 rings (SSSR count). The van der Waals surface area contributed by atoms with E-state index in [1.54, 1.807) is 36.0 Å². The van der Waals surface area contributed by atoms with Gasteiger partial charge in [-0.2, -0.15) is 0 Å². The predicted octanol–water partition coefficient (Wildman–Crippen LogP) is 3.93. The van der Waals surface area contributed by atoms with E-state index in [4.69, 9.17) is 0 Å². The van der Waals surface area contributed by atoms with E-state index in [0.29, 0.717) is 17.8 Å². The third-order valence-corrected chi connectivity index (χ3v) is 6.65. The molecule has 2 aromatic carbocycles. The molecule has 0 spiro atoms. The lowest BCUT2D eigenvalue weighted by Gasteiger charge is -2.12. The summed E-state index contributed by atoms with van der Waals surface area (Å²) in [4.78, 5) is 12.9. The summed E-state index contributed by atoms with van der Waals surface area (Å²) in [5.41, 5.74) is 3.18. The van der Waals surface area contributed by atoms with E-state index in [-0.39, 0.29) is 16.1 Å². The van der Waals surface area contributed by atoms with Crippen molar-refractivity contribution in [1.82, 2.24) is 0 Å². The zero-order valence-electron chi connectivity index (χ0n) is 14.3. The molecule has 2 aromatic rings. The van der Waals surface area contributed by atoms with Gasteiger partial charge in [-0.1, -0.05) is 13.0 Å². The van der Waals surface area contributed by atoms with Crippen LogP contribution in [0, 0.1) is 13.8 Å². The van der Waals surface area contributed by atoms with Crippen molar-refractivity contribution in [1.29, 1.82) is 0 Å². The number of rotatable bonds is 3. The third-order valence-electron chi connectivity index (χ3n) is 4.10. The number of nitrogens with one attached hydrogen (secondary N) is 2. The summed E-state index contributed by atoms with van der Waals surface area (Å²) in [7, 11) is -3.73. The summed E-state index contributed by atoms with van der Waals surface area (Å²) in [6.07, 6.45) is 0.405. The molecule has 1 atom stereocenters. The van der Waals surface area contributed by atoms with E-state index in [1.165, 1.54) is 6.07 Å². The van der Waals surface area contributed by atoms with Gasteiger partial charge in [-0.05, 0) is 55.3 Å². The van der Waals surface area contributed by atoms with Gasteiger partial charge in [0.25, 0.3) is 10.0 Å². The number of carbonyl (C=O) groups is 1. The molecule has 0 aromatic heterocycles. The largest absolute Gasteiger partial charge is 0.325 e. The van der Waals surface area contributed by atoms with Crippen molar-refractivity contribution in [2.24, 2.45) is 0 Å². The van der Waals surface area contributed by atoms with Crippen LogP contribution < -0.4 is 10.0 Å². The van der Waals surface area contributed by atoms with Gasteiger partial charge in [-0.15, -0.1) is 11.8 Å². The Hall–Kier alpha value is -1.99. The Bertz CT molecular complexity index is 939. The Labute approximate surface area is 152 Å². The highest BCUT2D eigenvalue weighted by Crippen LogP contribution is 2.36. The maximum atomic E-state index is 12.7. The number of carbonyl (C=O) groups excluding carboxylic acids is 1. The SMILES string of the molecule is Cc1ccc(NS(=O)(=O)c2ccc3c(c2)NC(=O)C[C@@H](C)S3)cc1C. The molecule has 5 nitrogen and oxygen atoms in total. The van der Waals surface area contributed by atoms with Crippen molar-refractivity contribution in [2.75, 3.05) is 10.0 Å². The van der Waals surface area contributed by atoms with E-state index >= 15 is 0 Å². The van der Waals surface area contributed by atoms with Gasteiger partial charge < -0.3 is 5.32 Å². The number of anilines is 2. The highest BCUT2D eigenvalue weighted by atomic mass is 32.2. The lowest BCUT2D eigenvalue weighted by molar-refractivity contribution is -0.116. The lowest BCUT2D eigenvalue weighted by Crippen LogP contribution is -2.15. The second kappa shape index (κ2) is 6.72. The minimum atomic E-state index is -3.73. The molecule has 0 saturated heterocycles. The first kappa shape index (κ1) is 17.8. The highest BCUT2D eigenvalue weighted by Gasteiger charge is 2.22. The molecule has 0 bridgehead atoms. The molecule has 1 aliphatic heterocycles. The van der Waals surface area contributed by atoms with E-state index in [2.05, 4.69) is 10.0 Å². The normalized spacial score (nSPS) is 17.4. The van der Waals surface area contributed by atoms with Gasteiger partial charge >= 0.3 is 0 Å². The zero-order valence-corrected chi connectivity index (χ0v) is 15.9. The minimum Gasteiger partial charge on any atom is -0.325 e. The predicted molar refractivity (Wildman–Crippen MR) is 102 cm³/mol. The molecule has 132 valence electrons. The fourth-order valence-corrected chi connectivity index (χ4v) is 4.74. The van der Waals surface area contributed by atoms with Crippen molar-refractivity contribution >= 4 is 39.1 Å². The van der Waals surface area contributed by atoms with Crippen LogP contribution in [-0.2, 0) is 14.8 Å². The molecule has 1 aliphatic rings. The molecule has 0 aliphatic carbocycles. The maximum absolute atomic E-state index is 12.7. The molecule has 1 amide bonds. The number of thioether (sulfide) groups is 1. The van der Waals surface area contributed by atoms with Crippen LogP contribution >= 0.6 is 11.8 Å². The van der Waals surface area contributed by atoms with Crippen LogP contribution in [-0.4, -0.2) is 19.6 Å². The summed E-state index contributed by atoms with van der Waals surface area (Å²) in [5.74, 6) is -0.101. The monoisotopic (exact) mass is 376 g/mol. The molecule has 25 heavy (non-hydrogen) atoms. The van der Waals surface area contributed by atoms with Crippen LogP contribution in [0.25, 0.3) is 0 Å². The van der Waals surface area contributed by atoms with Crippen LogP contribution in [0.4, 0.5) is 11.4 Å². The molecule has 0 radical (unpaired) electrons. The van der Waals surface area contributed by atoms with Crippen molar-refractivity contribution in [3.63, 3.8) is 0 Å². The zero-order chi connectivity index (χ0) is 18.2. The third kappa shape index (κ3) is 3.99. The average molecular weight is 377 g/mol. The van der Waals surface area contributed by atoms with Crippen molar-refractivity contribution in [3.05, 3.63) is 47.5 Å². The molecule has 0 unspecified atom stereocenters. The Morgan fingerprint density at radius 1 is 1.12 bits per heavy atom. The van der Waals surface area contributed by atoms with Gasteiger partial charge in [-0.25, -0.2) is 8.42 Å². The van der Waals surface area contributed by atoms with Crippen LogP contribution in [0.5, 0.6) is 0 Å². The van der Waals surface area contributed by atoms with Crippen LogP contribution in [0.15, 0.2) is 46.2 Å². The minimum absolute atomic E-state index is 0.101. The molecule has 0 fully saturated rings. The first-order valence-electron chi connectivity index (χ1n) is 7.95. The van der Waals surface area contributed by atoms with E-state index in [0.717, 1.165) is 16.0 Å². The lowest BCUT2D eigenvalue weighted by atomic mass is 10.1. The Kier molecular flexibility index (Phi) is 4.79. The van der Waals surface area contributed by atoms with Crippen molar-refractivity contribution in [3.8, 4) is 0 Å². The van der Waals surface area contributed by atoms with Crippen molar-refractivity contribution < 1.29 is 13.2 Å². The molecule has 2 N–H and O–H groups in total. The quantitative estimate of drug-likeness (QED) is 0.851. The standard InChI is InChI=1S/C18H20N2O3S2/c1-11-4-5-14(8-12(11)2)20-25(22,23)15-6-7-17-16(10-15)19-18(21)9-13(3)24-17/h4-8,10,13,20H,9H2,1-3H3,(H,19,21)/t13-/m1/s1. The summed E-state index contributed by atoms with van der Waals surface area (Å²) in [5, 5.41) is 2.94. The van der Waals surface area contributed by atoms with Gasteiger partial charge in [0.2, 0.25) is 5.91 Å². The summed E-state index contributed by atoms with van der Waals surface area (Å²) >= 11 is 1.56. The Morgan fingerprint density at radius 2 is 1.88 bits per heavy atom.